The van der Waals surface area contributed by atoms with Gasteiger partial charge in [0.25, 0.3) is 5.91 Å². The molecule has 1 N–H and O–H groups in total. The highest BCUT2D eigenvalue weighted by Gasteiger charge is 2.34. The second-order valence-corrected chi connectivity index (χ2v) is 4.97. The van der Waals surface area contributed by atoms with Crippen LogP contribution in [0.15, 0.2) is 22.7 Å². The number of carbonyl (C=O) groups excluding carboxylic acids is 1. The molecule has 6 heteroatoms. The van der Waals surface area contributed by atoms with E-state index in [-0.39, 0.29) is 11.5 Å². The number of nitrogens with zero attached hydrogens (tertiary/aromatic N) is 1. The maximum absolute atomic E-state index is 12.9. The number of likely N-dealkylation sites (tertiary alicyclic amines) is 1. The second-order valence-electron chi connectivity index (χ2n) is 4.12. The Labute approximate surface area is 112 Å². The summed E-state index contributed by atoms with van der Waals surface area (Å²) in [5.74, 6) is -1.83. The van der Waals surface area contributed by atoms with Crippen molar-refractivity contribution in [1.29, 1.82) is 0 Å². The number of aliphatic carboxylic acids is 1. The van der Waals surface area contributed by atoms with Crippen molar-refractivity contribution in [3.8, 4) is 0 Å². The standard InChI is InChI=1S/C12H11BrFNO3/c13-9-6-7(14)3-4-8(9)11(16)15-5-1-2-10(15)12(17)18/h3-4,6,10H,1-2,5H2,(H,17,18)/t10-/m1/s1. The van der Waals surface area contributed by atoms with Crippen molar-refractivity contribution in [3.63, 3.8) is 0 Å². The quantitative estimate of drug-likeness (QED) is 0.911. The van der Waals surface area contributed by atoms with Gasteiger partial charge in [-0.3, -0.25) is 4.79 Å². The minimum atomic E-state index is -1.00. The number of carboxylic acids is 1. The van der Waals surface area contributed by atoms with Crippen LogP contribution in [-0.2, 0) is 4.79 Å². The molecule has 0 saturated carbocycles. The third kappa shape index (κ3) is 2.38. The van der Waals surface area contributed by atoms with Crippen LogP contribution in [0.25, 0.3) is 0 Å². The monoisotopic (exact) mass is 315 g/mol. The van der Waals surface area contributed by atoms with Crippen LogP contribution in [0.2, 0.25) is 0 Å². The van der Waals surface area contributed by atoms with Gasteiger partial charge in [-0.15, -0.1) is 0 Å². The van der Waals surface area contributed by atoms with E-state index in [0.29, 0.717) is 23.9 Å². The molecule has 1 aromatic rings. The maximum Gasteiger partial charge on any atom is 0.326 e. The number of halogens is 2. The van der Waals surface area contributed by atoms with Gasteiger partial charge in [0.2, 0.25) is 0 Å². The SMILES string of the molecule is O=C(O)[C@H]1CCCN1C(=O)c1ccc(F)cc1Br. The summed E-state index contributed by atoms with van der Waals surface area (Å²) in [7, 11) is 0. The molecule has 0 radical (unpaired) electrons. The van der Waals surface area contributed by atoms with Crippen LogP contribution in [0, 0.1) is 5.82 Å². The lowest BCUT2D eigenvalue weighted by Gasteiger charge is -2.21. The zero-order valence-corrected chi connectivity index (χ0v) is 11.0. The molecule has 96 valence electrons. The highest BCUT2D eigenvalue weighted by atomic mass is 79.9. The van der Waals surface area contributed by atoms with Gasteiger partial charge in [-0.05, 0) is 47.0 Å². The fourth-order valence-corrected chi connectivity index (χ4v) is 2.60. The van der Waals surface area contributed by atoms with E-state index in [1.165, 1.54) is 23.1 Å². The zero-order valence-electron chi connectivity index (χ0n) is 9.40. The highest BCUT2D eigenvalue weighted by Crippen LogP contribution is 2.24. The van der Waals surface area contributed by atoms with Gasteiger partial charge in [-0.1, -0.05) is 0 Å². The van der Waals surface area contributed by atoms with Gasteiger partial charge < -0.3 is 10.0 Å². The van der Waals surface area contributed by atoms with Crippen LogP contribution in [-0.4, -0.2) is 34.5 Å². The predicted octanol–water partition coefficient (Wildman–Crippen LogP) is 2.28. The average molecular weight is 316 g/mol. The largest absolute Gasteiger partial charge is 0.480 e. The summed E-state index contributed by atoms with van der Waals surface area (Å²) in [4.78, 5) is 24.5. The third-order valence-electron chi connectivity index (χ3n) is 2.96. The Morgan fingerprint density at radius 1 is 1.44 bits per heavy atom. The highest BCUT2D eigenvalue weighted by molar-refractivity contribution is 9.10. The van der Waals surface area contributed by atoms with Crippen LogP contribution in [0.3, 0.4) is 0 Å². The molecular weight excluding hydrogens is 305 g/mol. The summed E-state index contributed by atoms with van der Waals surface area (Å²) in [6.45, 7) is 0.416. The fraction of sp³-hybridized carbons (Fsp3) is 0.333. The number of amides is 1. The van der Waals surface area contributed by atoms with Crippen molar-refractivity contribution in [2.75, 3.05) is 6.54 Å². The summed E-state index contributed by atoms with van der Waals surface area (Å²) < 4.78 is 13.3. The lowest BCUT2D eigenvalue weighted by molar-refractivity contribution is -0.141. The number of benzene rings is 1. The van der Waals surface area contributed by atoms with Gasteiger partial charge in [0, 0.05) is 11.0 Å². The van der Waals surface area contributed by atoms with E-state index < -0.39 is 17.8 Å². The van der Waals surface area contributed by atoms with Crippen molar-refractivity contribution in [2.45, 2.75) is 18.9 Å². The van der Waals surface area contributed by atoms with Crippen molar-refractivity contribution in [1.82, 2.24) is 4.90 Å². The third-order valence-corrected chi connectivity index (χ3v) is 3.62. The fourth-order valence-electron chi connectivity index (χ4n) is 2.08. The topological polar surface area (TPSA) is 57.6 Å². The lowest BCUT2D eigenvalue weighted by atomic mass is 10.1. The number of hydrogen-bond acceptors (Lipinski definition) is 2. The predicted molar refractivity (Wildman–Crippen MR) is 65.8 cm³/mol. The Hall–Kier alpha value is -1.43. The molecule has 0 bridgehead atoms. The lowest BCUT2D eigenvalue weighted by Crippen LogP contribution is -2.40. The molecular formula is C12H11BrFNO3. The van der Waals surface area contributed by atoms with Crippen LogP contribution < -0.4 is 0 Å². The van der Waals surface area contributed by atoms with Crippen molar-refractivity contribution >= 4 is 27.8 Å². The average Bonchev–Trinajstić information content (AvgIpc) is 2.77. The van der Waals surface area contributed by atoms with Crippen LogP contribution in [0.5, 0.6) is 0 Å². The van der Waals surface area contributed by atoms with Crippen molar-refractivity contribution in [2.24, 2.45) is 0 Å². The molecule has 4 nitrogen and oxygen atoms in total. The zero-order chi connectivity index (χ0) is 13.3. The summed E-state index contributed by atoms with van der Waals surface area (Å²) in [5.41, 5.74) is 0.282. The molecule has 0 unspecified atom stereocenters. The van der Waals surface area contributed by atoms with Gasteiger partial charge >= 0.3 is 5.97 Å². The Morgan fingerprint density at radius 2 is 2.17 bits per heavy atom. The maximum atomic E-state index is 12.9. The van der Waals surface area contributed by atoms with E-state index >= 15 is 0 Å². The van der Waals surface area contributed by atoms with E-state index in [4.69, 9.17) is 5.11 Å². The van der Waals surface area contributed by atoms with E-state index in [9.17, 15) is 14.0 Å². The molecule has 1 aliphatic rings. The van der Waals surface area contributed by atoms with Crippen molar-refractivity contribution in [3.05, 3.63) is 34.1 Å². The first-order chi connectivity index (χ1) is 8.50. The van der Waals surface area contributed by atoms with Crippen molar-refractivity contribution < 1.29 is 19.1 Å². The first-order valence-corrected chi connectivity index (χ1v) is 6.29. The minimum absolute atomic E-state index is 0.282. The molecule has 1 atom stereocenters. The minimum Gasteiger partial charge on any atom is -0.480 e. The molecule has 0 aromatic heterocycles. The molecule has 0 spiro atoms. The van der Waals surface area contributed by atoms with E-state index in [1.54, 1.807) is 0 Å². The Bertz CT molecular complexity index is 506. The molecule has 1 amide bonds. The molecule has 2 rings (SSSR count). The summed E-state index contributed by atoms with van der Waals surface area (Å²) in [6.07, 6.45) is 1.13. The van der Waals surface area contributed by atoms with Crippen LogP contribution in [0.1, 0.15) is 23.2 Å². The van der Waals surface area contributed by atoms with Crippen LogP contribution in [0.4, 0.5) is 4.39 Å². The van der Waals surface area contributed by atoms with E-state index in [1.807, 2.05) is 0 Å². The van der Waals surface area contributed by atoms with Gasteiger partial charge in [-0.2, -0.15) is 0 Å². The Balaban J connectivity index is 2.28. The molecule has 1 fully saturated rings. The Morgan fingerprint density at radius 3 is 2.78 bits per heavy atom. The smallest absolute Gasteiger partial charge is 0.326 e. The second kappa shape index (κ2) is 5.06. The molecule has 1 heterocycles. The number of carboxylic acid groups (broad SMARTS) is 1. The van der Waals surface area contributed by atoms with Gasteiger partial charge in [0.05, 0.1) is 5.56 Å². The normalized spacial score (nSPS) is 19.0. The van der Waals surface area contributed by atoms with Gasteiger partial charge in [0.15, 0.2) is 0 Å². The molecule has 18 heavy (non-hydrogen) atoms. The first kappa shape index (κ1) is 13.0. The molecule has 1 aromatic carbocycles. The molecule has 1 aliphatic heterocycles. The number of rotatable bonds is 2. The molecule has 1 saturated heterocycles. The summed E-state index contributed by atoms with van der Waals surface area (Å²) in [6, 6.07) is 2.96. The van der Waals surface area contributed by atoms with Crippen LogP contribution >= 0.6 is 15.9 Å². The van der Waals surface area contributed by atoms with Gasteiger partial charge in [0.1, 0.15) is 11.9 Å². The Kier molecular flexibility index (Phi) is 3.65. The van der Waals surface area contributed by atoms with Gasteiger partial charge in [-0.25, -0.2) is 9.18 Å². The molecule has 0 aliphatic carbocycles. The first-order valence-electron chi connectivity index (χ1n) is 5.49. The van der Waals surface area contributed by atoms with E-state index in [2.05, 4.69) is 15.9 Å². The summed E-state index contributed by atoms with van der Waals surface area (Å²) >= 11 is 3.12. The number of carbonyl (C=O) groups is 2. The number of hydrogen-bond donors (Lipinski definition) is 1. The van der Waals surface area contributed by atoms with E-state index in [0.717, 1.165) is 0 Å². The summed E-state index contributed by atoms with van der Waals surface area (Å²) in [5, 5.41) is 9.03.